The lowest BCUT2D eigenvalue weighted by Gasteiger charge is -2.11. The van der Waals surface area contributed by atoms with E-state index in [1.54, 1.807) is 6.20 Å². The van der Waals surface area contributed by atoms with Gasteiger partial charge < -0.3 is 4.74 Å². The maximum atomic E-state index is 11.3. The number of allylic oxidation sites excluding steroid dienone is 1. The van der Waals surface area contributed by atoms with Crippen LogP contribution < -0.4 is 0 Å². The molecule has 1 aromatic carbocycles. The molecule has 0 atom stereocenters. The molecule has 0 saturated carbocycles. The quantitative estimate of drug-likeness (QED) is 0.733. The topological polar surface area (TPSA) is 39.2 Å². The molecule has 1 heterocycles. The van der Waals surface area contributed by atoms with E-state index in [9.17, 15) is 4.79 Å². The Hall–Kier alpha value is -2.42. The summed E-state index contributed by atoms with van der Waals surface area (Å²) in [6, 6.07) is 12.5. The third-order valence-electron chi connectivity index (χ3n) is 3.79. The number of hydrogen-bond donors (Lipinski definition) is 0. The summed E-state index contributed by atoms with van der Waals surface area (Å²) in [4.78, 5) is 15.5. The van der Waals surface area contributed by atoms with Gasteiger partial charge in [-0.3, -0.25) is 9.78 Å². The van der Waals surface area contributed by atoms with Crippen molar-refractivity contribution >= 4 is 11.5 Å². The first-order chi connectivity index (χ1) is 11.1. The zero-order valence-corrected chi connectivity index (χ0v) is 14.0. The predicted octanol–water partition coefficient (Wildman–Crippen LogP) is 4.59. The zero-order valence-electron chi connectivity index (χ0n) is 14.0. The van der Waals surface area contributed by atoms with E-state index in [4.69, 9.17) is 4.74 Å². The molecule has 0 N–H and O–H groups in total. The summed E-state index contributed by atoms with van der Waals surface area (Å²) >= 11 is 0. The van der Waals surface area contributed by atoms with Crippen LogP contribution in [0.15, 0.2) is 54.9 Å². The average molecular weight is 309 g/mol. The van der Waals surface area contributed by atoms with Gasteiger partial charge in [-0.05, 0) is 35.1 Å². The van der Waals surface area contributed by atoms with E-state index in [2.05, 4.69) is 49.2 Å². The van der Waals surface area contributed by atoms with Gasteiger partial charge in [0.15, 0.2) is 0 Å². The largest absolute Gasteiger partial charge is 0.469 e. The van der Waals surface area contributed by atoms with Crippen LogP contribution in [0.3, 0.4) is 0 Å². The maximum absolute atomic E-state index is 11.3. The molecule has 0 aliphatic heterocycles. The molecule has 0 bridgehead atoms. The molecule has 3 nitrogen and oxygen atoms in total. The molecule has 0 fully saturated rings. The Bertz CT molecular complexity index is 658. The van der Waals surface area contributed by atoms with Crippen molar-refractivity contribution in [1.29, 1.82) is 0 Å². The van der Waals surface area contributed by atoms with Crippen molar-refractivity contribution < 1.29 is 9.53 Å². The van der Waals surface area contributed by atoms with Gasteiger partial charge in [-0.2, -0.15) is 0 Å². The Morgan fingerprint density at radius 2 is 1.91 bits per heavy atom. The van der Waals surface area contributed by atoms with E-state index >= 15 is 0 Å². The monoisotopic (exact) mass is 309 g/mol. The van der Waals surface area contributed by atoms with Crippen LogP contribution in [0, 0.1) is 0 Å². The Morgan fingerprint density at radius 3 is 2.48 bits per heavy atom. The van der Waals surface area contributed by atoms with Gasteiger partial charge in [0.25, 0.3) is 0 Å². The maximum Gasteiger partial charge on any atom is 0.305 e. The standard InChI is InChI=1S/C20H23NO2/c1-15(2)16-9-11-17(12-10-16)19(7-4-8-20(22)23-3)18-6-5-13-21-14-18/h5-7,9-15H,4,8H2,1-3H3. The molecule has 0 spiro atoms. The molecule has 0 amide bonds. The number of carbonyl (C=O) groups excluding carboxylic acids is 1. The van der Waals surface area contributed by atoms with Crippen molar-refractivity contribution in [2.45, 2.75) is 32.6 Å². The Balaban J connectivity index is 2.29. The number of nitrogens with zero attached hydrogens (tertiary/aromatic N) is 1. The lowest BCUT2D eigenvalue weighted by Crippen LogP contribution is -1.99. The van der Waals surface area contributed by atoms with Crippen LogP contribution >= 0.6 is 0 Å². The van der Waals surface area contributed by atoms with Gasteiger partial charge in [0.1, 0.15) is 0 Å². The van der Waals surface area contributed by atoms with Crippen LogP contribution in [0.25, 0.3) is 5.57 Å². The summed E-state index contributed by atoms with van der Waals surface area (Å²) in [5.41, 5.74) is 4.59. The number of aromatic nitrogens is 1. The molecular formula is C20H23NO2. The molecule has 1 aromatic heterocycles. The molecule has 0 saturated heterocycles. The number of hydrogen-bond acceptors (Lipinski definition) is 3. The van der Waals surface area contributed by atoms with E-state index < -0.39 is 0 Å². The van der Waals surface area contributed by atoms with Gasteiger partial charge in [0.05, 0.1) is 7.11 Å². The van der Waals surface area contributed by atoms with Gasteiger partial charge in [-0.25, -0.2) is 0 Å². The van der Waals surface area contributed by atoms with Gasteiger partial charge in [-0.15, -0.1) is 0 Å². The second kappa shape index (κ2) is 8.28. The van der Waals surface area contributed by atoms with Crippen molar-refractivity contribution in [2.75, 3.05) is 7.11 Å². The number of pyridine rings is 1. The molecule has 0 radical (unpaired) electrons. The van der Waals surface area contributed by atoms with Crippen molar-refractivity contribution in [3.63, 3.8) is 0 Å². The van der Waals surface area contributed by atoms with Crippen LogP contribution in [-0.2, 0) is 9.53 Å². The number of esters is 1. The number of benzene rings is 1. The molecule has 2 rings (SSSR count). The van der Waals surface area contributed by atoms with Crippen LogP contribution in [0.2, 0.25) is 0 Å². The molecular weight excluding hydrogens is 286 g/mol. The fourth-order valence-electron chi connectivity index (χ4n) is 2.41. The molecule has 0 aliphatic rings. The Kier molecular flexibility index (Phi) is 6.10. The number of methoxy groups -OCH3 is 1. The lowest BCUT2D eigenvalue weighted by atomic mass is 9.94. The van der Waals surface area contributed by atoms with Crippen molar-refractivity contribution in [1.82, 2.24) is 4.98 Å². The minimum Gasteiger partial charge on any atom is -0.469 e. The van der Waals surface area contributed by atoms with E-state index in [0.717, 1.165) is 16.7 Å². The molecule has 120 valence electrons. The van der Waals surface area contributed by atoms with Gasteiger partial charge in [0, 0.05) is 24.4 Å². The summed E-state index contributed by atoms with van der Waals surface area (Å²) in [7, 11) is 1.42. The first-order valence-corrected chi connectivity index (χ1v) is 7.89. The van der Waals surface area contributed by atoms with Crippen molar-refractivity contribution in [2.24, 2.45) is 0 Å². The summed E-state index contributed by atoms with van der Waals surface area (Å²) in [5.74, 6) is 0.316. The highest BCUT2D eigenvalue weighted by Crippen LogP contribution is 2.25. The van der Waals surface area contributed by atoms with Gasteiger partial charge in [-0.1, -0.05) is 50.3 Å². The third-order valence-corrected chi connectivity index (χ3v) is 3.79. The summed E-state index contributed by atoms with van der Waals surface area (Å²) < 4.78 is 4.70. The van der Waals surface area contributed by atoms with Gasteiger partial charge in [0.2, 0.25) is 0 Å². The fourth-order valence-corrected chi connectivity index (χ4v) is 2.41. The van der Waals surface area contributed by atoms with E-state index in [1.165, 1.54) is 12.7 Å². The molecule has 0 unspecified atom stereocenters. The summed E-state index contributed by atoms with van der Waals surface area (Å²) in [5, 5.41) is 0. The first kappa shape index (κ1) is 16.9. The Morgan fingerprint density at radius 1 is 1.17 bits per heavy atom. The lowest BCUT2D eigenvalue weighted by molar-refractivity contribution is -0.140. The molecule has 0 aliphatic carbocycles. The third kappa shape index (κ3) is 4.78. The van der Waals surface area contributed by atoms with Crippen LogP contribution in [0.5, 0.6) is 0 Å². The van der Waals surface area contributed by atoms with Crippen LogP contribution in [-0.4, -0.2) is 18.1 Å². The van der Waals surface area contributed by atoms with Gasteiger partial charge >= 0.3 is 5.97 Å². The first-order valence-electron chi connectivity index (χ1n) is 7.89. The smallest absolute Gasteiger partial charge is 0.305 e. The van der Waals surface area contributed by atoms with Crippen molar-refractivity contribution in [3.05, 3.63) is 71.6 Å². The molecule has 2 aromatic rings. The summed E-state index contributed by atoms with van der Waals surface area (Å²) in [6.07, 6.45) is 6.71. The van der Waals surface area contributed by atoms with E-state index in [-0.39, 0.29) is 5.97 Å². The highest BCUT2D eigenvalue weighted by atomic mass is 16.5. The predicted molar refractivity (Wildman–Crippen MR) is 93.1 cm³/mol. The van der Waals surface area contributed by atoms with E-state index in [0.29, 0.717) is 18.8 Å². The molecule has 23 heavy (non-hydrogen) atoms. The highest BCUT2D eigenvalue weighted by molar-refractivity contribution is 5.80. The van der Waals surface area contributed by atoms with Crippen LogP contribution in [0.4, 0.5) is 0 Å². The second-order valence-electron chi connectivity index (χ2n) is 5.75. The Labute approximate surface area is 138 Å². The number of rotatable bonds is 6. The average Bonchev–Trinajstić information content (AvgIpc) is 2.59. The zero-order chi connectivity index (χ0) is 16.7. The van der Waals surface area contributed by atoms with Crippen LogP contribution in [0.1, 0.15) is 49.3 Å². The van der Waals surface area contributed by atoms with Crippen molar-refractivity contribution in [3.8, 4) is 0 Å². The SMILES string of the molecule is COC(=O)CCC=C(c1ccc(C(C)C)cc1)c1cccnc1. The second-order valence-corrected chi connectivity index (χ2v) is 5.75. The molecule has 3 heteroatoms. The minimum absolute atomic E-state index is 0.193. The number of carbonyl (C=O) groups is 1. The minimum atomic E-state index is -0.193. The normalized spacial score (nSPS) is 11.6. The fraction of sp³-hybridized carbons (Fsp3) is 0.300. The highest BCUT2D eigenvalue weighted by Gasteiger charge is 2.07. The van der Waals surface area contributed by atoms with E-state index in [1.807, 2.05) is 18.3 Å². The summed E-state index contributed by atoms with van der Waals surface area (Å²) in [6.45, 7) is 4.37. The number of ether oxygens (including phenoxy) is 1.